The van der Waals surface area contributed by atoms with Crippen LogP contribution >= 0.6 is 11.3 Å². The van der Waals surface area contributed by atoms with E-state index in [0.29, 0.717) is 0 Å². The average Bonchev–Trinajstić information content (AvgIpc) is 2.50. The van der Waals surface area contributed by atoms with Crippen molar-refractivity contribution in [2.24, 2.45) is 0 Å². The summed E-state index contributed by atoms with van der Waals surface area (Å²) in [5.41, 5.74) is 1.36. The van der Waals surface area contributed by atoms with Gasteiger partial charge in [-0.3, -0.25) is 9.69 Å². The molecular weight excluding hydrogens is 182 g/mol. The summed E-state index contributed by atoms with van der Waals surface area (Å²) in [5, 5.41) is 2.08. The summed E-state index contributed by atoms with van der Waals surface area (Å²) in [4.78, 5) is 14.8. The van der Waals surface area contributed by atoms with Crippen LogP contribution in [0.15, 0.2) is 11.4 Å². The number of Topliss-reactive ketones (excluding diaryl/α,β-unsaturated/α-hetero) is 1. The molecule has 13 heavy (non-hydrogen) atoms. The van der Waals surface area contributed by atoms with E-state index in [9.17, 15) is 4.79 Å². The Hall–Kier alpha value is -0.670. The number of fused-ring (bicyclic) bond motifs is 1. The lowest BCUT2D eigenvalue weighted by Crippen LogP contribution is -2.34. The van der Waals surface area contributed by atoms with Gasteiger partial charge in [-0.05, 0) is 37.4 Å². The van der Waals surface area contributed by atoms with Crippen molar-refractivity contribution in [2.75, 3.05) is 13.6 Å². The number of nitrogens with zero attached hydrogens (tertiary/aromatic N) is 1. The molecule has 0 aliphatic carbocycles. The van der Waals surface area contributed by atoms with Crippen LogP contribution in [0.5, 0.6) is 0 Å². The van der Waals surface area contributed by atoms with E-state index < -0.39 is 0 Å². The number of rotatable bonds is 1. The molecule has 2 nitrogen and oxygen atoms in total. The smallest absolute Gasteiger partial charge is 0.152 e. The number of carbonyl (C=O) groups excluding carboxylic acids is 1. The Morgan fingerprint density at radius 1 is 1.69 bits per heavy atom. The fraction of sp³-hybridized carbons (Fsp3) is 0.500. The van der Waals surface area contributed by atoms with Crippen molar-refractivity contribution in [3.05, 3.63) is 21.9 Å². The van der Waals surface area contributed by atoms with E-state index in [1.807, 2.05) is 7.05 Å². The first-order valence-corrected chi connectivity index (χ1v) is 5.35. The van der Waals surface area contributed by atoms with Crippen LogP contribution in [-0.2, 0) is 11.2 Å². The Morgan fingerprint density at radius 3 is 3.15 bits per heavy atom. The summed E-state index contributed by atoms with van der Waals surface area (Å²) in [5.74, 6) is 0.255. The van der Waals surface area contributed by atoms with Gasteiger partial charge in [0.05, 0.1) is 0 Å². The summed E-state index contributed by atoms with van der Waals surface area (Å²) in [6, 6.07) is 2.16. The van der Waals surface area contributed by atoms with E-state index in [1.165, 1.54) is 10.4 Å². The number of hydrogen-bond donors (Lipinski definition) is 0. The van der Waals surface area contributed by atoms with Crippen LogP contribution in [0.1, 0.15) is 23.4 Å². The van der Waals surface area contributed by atoms with Crippen LogP contribution in [0, 0.1) is 0 Å². The second-order valence-electron chi connectivity index (χ2n) is 3.55. The lowest BCUT2D eigenvalue weighted by Gasteiger charge is -2.30. The van der Waals surface area contributed by atoms with E-state index in [4.69, 9.17) is 0 Å². The molecule has 2 rings (SSSR count). The first-order chi connectivity index (χ1) is 6.20. The van der Waals surface area contributed by atoms with E-state index >= 15 is 0 Å². The molecule has 0 bridgehead atoms. The third-order valence-electron chi connectivity index (χ3n) is 2.59. The number of carbonyl (C=O) groups is 1. The molecule has 0 saturated carbocycles. The van der Waals surface area contributed by atoms with Crippen molar-refractivity contribution in [3.8, 4) is 0 Å². The molecule has 3 heteroatoms. The molecule has 0 N–H and O–H groups in total. The van der Waals surface area contributed by atoms with Crippen LogP contribution in [-0.4, -0.2) is 24.3 Å². The highest BCUT2D eigenvalue weighted by Crippen LogP contribution is 2.33. The minimum Gasteiger partial charge on any atom is -0.298 e. The van der Waals surface area contributed by atoms with Crippen LogP contribution in [0.2, 0.25) is 0 Å². The van der Waals surface area contributed by atoms with Gasteiger partial charge in [0.25, 0.3) is 0 Å². The minimum absolute atomic E-state index is 0.0174. The summed E-state index contributed by atoms with van der Waals surface area (Å²) in [7, 11) is 2.02. The monoisotopic (exact) mass is 195 g/mol. The van der Waals surface area contributed by atoms with Crippen molar-refractivity contribution in [1.82, 2.24) is 4.90 Å². The molecular formula is C10H13NOS. The Bertz CT molecular complexity index is 331. The Balaban J connectivity index is 2.41. The maximum atomic E-state index is 11.4. The normalized spacial score (nSPS) is 22.8. The second kappa shape index (κ2) is 3.24. The standard InChI is InChI=1S/C10H13NOS/c1-7(12)9-10-8(4-6-13-10)3-5-11(9)2/h4,6,9H,3,5H2,1-2H3. The summed E-state index contributed by atoms with van der Waals surface area (Å²) >= 11 is 1.70. The predicted octanol–water partition coefficient (Wildman–Crippen LogP) is 1.87. The minimum atomic E-state index is 0.0174. The molecule has 1 aromatic heterocycles. The summed E-state index contributed by atoms with van der Waals surface area (Å²) in [6.07, 6.45) is 1.08. The van der Waals surface area contributed by atoms with E-state index in [-0.39, 0.29) is 11.8 Å². The topological polar surface area (TPSA) is 20.3 Å². The second-order valence-corrected chi connectivity index (χ2v) is 4.50. The molecule has 1 aliphatic rings. The summed E-state index contributed by atoms with van der Waals surface area (Å²) < 4.78 is 0. The predicted molar refractivity (Wildman–Crippen MR) is 54.1 cm³/mol. The van der Waals surface area contributed by atoms with E-state index in [0.717, 1.165) is 13.0 Å². The molecule has 0 aromatic carbocycles. The van der Waals surface area contributed by atoms with Gasteiger partial charge in [0.1, 0.15) is 6.04 Å². The van der Waals surface area contributed by atoms with Gasteiger partial charge >= 0.3 is 0 Å². The fourth-order valence-electron chi connectivity index (χ4n) is 1.91. The zero-order valence-electron chi connectivity index (χ0n) is 7.91. The molecule has 0 fully saturated rings. The molecule has 70 valence electrons. The molecule has 0 saturated heterocycles. The zero-order valence-corrected chi connectivity index (χ0v) is 8.73. The molecule has 1 atom stereocenters. The van der Waals surface area contributed by atoms with Crippen LogP contribution in [0.25, 0.3) is 0 Å². The number of ketones is 1. The summed E-state index contributed by atoms with van der Waals surface area (Å²) in [6.45, 7) is 2.67. The largest absolute Gasteiger partial charge is 0.298 e. The highest BCUT2D eigenvalue weighted by atomic mass is 32.1. The number of likely N-dealkylation sites (N-methyl/N-ethyl adjacent to an activating group) is 1. The van der Waals surface area contributed by atoms with Crippen LogP contribution in [0.4, 0.5) is 0 Å². The molecule has 1 aliphatic heterocycles. The number of thiophene rings is 1. The van der Waals surface area contributed by atoms with Gasteiger partial charge in [0.2, 0.25) is 0 Å². The fourth-order valence-corrected chi connectivity index (χ4v) is 3.09. The van der Waals surface area contributed by atoms with Gasteiger partial charge in [0, 0.05) is 11.4 Å². The molecule has 0 amide bonds. The van der Waals surface area contributed by atoms with Gasteiger partial charge in [-0.25, -0.2) is 0 Å². The van der Waals surface area contributed by atoms with E-state index in [1.54, 1.807) is 18.3 Å². The van der Waals surface area contributed by atoms with Gasteiger partial charge in [-0.2, -0.15) is 0 Å². The number of hydrogen-bond acceptors (Lipinski definition) is 3. The van der Waals surface area contributed by atoms with Gasteiger partial charge in [-0.1, -0.05) is 0 Å². The van der Waals surface area contributed by atoms with Crippen molar-refractivity contribution in [3.63, 3.8) is 0 Å². The highest BCUT2D eigenvalue weighted by Gasteiger charge is 2.28. The molecule has 0 radical (unpaired) electrons. The van der Waals surface area contributed by atoms with Gasteiger partial charge < -0.3 is 0 Å². The quantitative estimate of drug-likeness (QED) is 0.682. The molecule has 1 aromatic rings. The first kappa shape index (κ1) is 8.91. The maximum Gasteiger partial charge on any atom is 0.152 e. The van der Waals surface area contributed by atoms with E-state index in [2.05, 4.69) is 16.3 Å². The molecule has 1 unspecified atom stereocenters. The van der Waals surface area contributed by atoms with Gasteiger partial charge in [-0.15, -0.1) is 11.3 Å². The molecule has 0 spiro atoms. The van der Waals surface area contributed by atoms with Crippen LogP contribution < -0.4 is 0 Å². The molecule has 2 heterocycles. The highest BCUT2D eigenvalue weighted by molar-refractivity contribution is 7.10. The average molecular weight is 195 g/mol. The van der Waals surface area contributed by atoms with Crippen molar-refractivity contribution in [2.45, 2.75) is 19.4 Å². The Labute approximate surface area is 82.2 Å². The lowest BCUT2D eigenvalue weighted by atomic mass is 10.00. The van der Waals surface area contributed by atoms with Crippen molar-refractivity contribution >= 4 is 17.1 Å². The third-order valence-corrected chi connectivity index (χ3v) is 3.60. The van der Waals surface area contributed by atoms with Gasteiger partial charge in [0.15, 0.2) is 5.78 Å². The van der Waals surface area contributed by atoms with Crippen molar-refractivity contribution < 1.29 is 4.79 Å². The van der Waals surface area contributed by atoms with Crippen LogP contribution in [0.3, 0.4) is 0 Å². The lowest BCUT2D eigenvalue weighted by molar-refractivity contribution is -0.122. The SMILES string of the molecule is CC(=O)C1c2sccc2CCN1C. The Morgan fingerprint density at radius 2 is 2.46 bits per heavy atom. The Kier molecular flexibility index (Phi) is 2.22. The maximum absolute atomic E-state index is 11.4. The van der Waals surface area contributed by atoms with Crippen molar-refractivity contribution in [1.29, 1.82) is 0 Å². The zero-order chi connectivity index (χ0) is 9.42. The third kappa shape index (κ3) is 1.42. The first-order valence-electron chi connectivity index (χ1n) is 4.47.